The van der Waals surface area contributed by atoms with Crippen LogP contribution in [0.3, 0.4) is 0 Å². The summed E-state index contributed by atoms with van der Waals surface area (Å²) in [6, 6.07) is 178. The fourth-order valence-electron chi connectivity index (χ4n) is 26.7. The number of nitrogens with zero attached hydrogens (tertiary/aromatic N) is 2. The molecule has 2 heterocycles. The van der Waals surface area contributed by atoms with Crippen LogP contribution in [-0.2, 0) is 29.1 Å². The number of para-hydroxylation sites is 1. The maximum atomic E-state index is 5.27. The van der Waals surface area contributed by atoms with Gasteiger partial charge in [0.05, 0.1) is 16.9 Å². The second kappa shape index (κ2) is 34.0. The van der Waals surface area contributed by atoms with Gasteiger partial charge in [0.2, 0.25) is 0 Å². The Morgan fingerprint density at radius 2 is 0.477 bits per heavy atom. The Hall–Kier alpha value is -18.1. The molecule has 27 aromatic rings. The highest BCUT2D eigenvalue weighted by molar-refractivity contribution is 6.29. The van der Waals surface area contributed by atoms with Gasteiger partial charge in [-0.3, -0.25) is 4.98 Å². The molecule has 0 atom stereocenters. The second-order valence-electron chi connectivity index (χ2n) is 42.9. The molecule has 0 spiro atoms. The predicted octanol–water partition coefficient (Wildman–Crippen LogP) is 39.7. The van der Waals surface area contributed by atoms with E-state index in [4.69, 9.17) is 9.97 Å². The van der Waals surface area contributed by atoms with Gasteiger partial charge < -0.3 is 0 Å². The Labute approximate surface area is 867 Å². The number of hydrogen-bond donors (Lipinski definition) is 0. The quantitative estimate of drug-likeness (QED) is 0.135. The molecule has 0 fully saturated rings. The van der Waals surface area contributed by atoms with Gasteiger partial charge in [-0.2, -0.15) is 0 Å². The van der Waals surface area contributed by atoms with Gasteiger partial charge in [0.1, 0.15) is 0 Å². The van der Waals surface area contributed by atoms with E-state index in [1.54, 1.807) is 0 Å². The van der Waals surface area contributed by atoms with Crippen LogP contribution < -0.4 is 0 Å². The molecule has 0 saturated heterocycles. The van der Waals surface area contributed by atoms with Crippen molar-refractivity contribution in [3.63, 3.8) is 0 Å². The van der Waals surface area contributed by atoms with Crippen molar-refractivity contribution in [3.8, 4) is 134 Å². The number of benzene rings is 25. The van der Waals surface area contributed by atoms with Gasteiger partial charge in [0.15, 0.2) is 0 Å². The summed E-state index contributed by atoms with van der Waals surface area (Å²) in [6.07, 6.45) is 4.21. The first kappa shape index (κ1) is 87.5. The molecule has 2 heteroatoms. The Morgan fingerprint density at radius 3 is 0.926 bits per heavy atom. The number of aryl methyl sites for hydroxylation is 2. The van der Waals surface area contributed by atoms with Crippen LogP contribution in [0.5, 0.6) is 0 Å². The zero-order valence-corrected chi connectivity index (χ0v) is 84.0. The lowest BCUT2D eigenvalue weighted by atomic mass is 9.80. The van der Waals surface area contributed by atoms with Crippen LogP contribution in [0.4, 0.5) is 0 Å². The lowest BCUT2D eigenvalue weighted by molar-refractivity contribution is 0.660. The summed E-state index contributed by atoms with van der Waals surface area (Å²) >= 11 is 0. The minimum Gasteiger partial charge on any atom is -0.256 e. The third-order valence-corrected chi connectivity index (χ3v) is 33.9. The average Bonchev–Trinajstić information content (AvgIpc) is 1.62. The van der Waals surface area contributed by atoms with Crippen molar-refractivity contribution < 1.29 is 0 Å². The van der Waals surface area contributed by atoms with Crippen LogP contribution in [0, 0.1) is 0 Å². The fourth-order valence-corrected chi connectivity index (χ4v) is 26.7. The summed E-state index contributed by atoms with van der Waals surface area (Å²) in [4.78, 5) is 10.4. The van der Waals surface area contributed by atoms with Crippen molar-refractivity contribution in [2.45, 2.75) is 70.6 Å². The second-order valence-corrected chi connectivity index (χ2v) is 42.9. The predicted molar refractivity (Wildman–Crippen MR) is 634 cm³/mol. The smallest absolute Gasteiger partial charge is 0.0792 e. The maximum Gasteiger partial charge on any atom is 0.0792 e. The molecule has 700 valence electrons. The van der Waals surface area contributed by atoms with Gasteiger partial charge in [-0.1, -0.05) is 466 Å². The fraction of sp³-hybridized carbons (Fsp3) is 0.0748. The summed E-state index contributed by atoms with van der Waals surface area (Å²) in [5.74, 6) is 0. The SMILES string of the molecule is CC1(C)c2ccccc2-c2c(-c3c4ccccc4c(-c4ccc5c6c(cccc46)CC5)c4ccc(-c5ccc6ccccc6c5)cc34)cccc21.CC1(C)c2ccccc2-c2c(-c3c4ccccc4c(-c4ccc5ccccc5n4)c4ccc(-c5ccc6ccccc6c5)cc34)cccc21.CC1(C)c2ccccc2-c2c(-c3c4ccccc4c(-c4nccc5ccccc45)c4ccc(-c5ccc6ccccc6c5)cc34)cccc21. The Morgan fingerprint density at radius 1 is 0.174 bits per heavy atom. The minimum atomic E-state index is -0.0867. The van der Waals surface area contributed by atoms with Gasteiger partial charge in [0, 0.05) is 44.3 Å². The summed E-state index contributed by atoms with van der Waals surface area (Å²) < 4.78 is 0. The van der Waals surface area contributed by atoms with Gasteiger partial charge in [-0.25, -0.2) is 4.98 Å². The van der Waals surface area contributed by atoms with Gasteiger partial charge in [-0.05, 0) is 336 Å². The van der Waals surface area contributed by atoms with E-state index in [1.165, 1.54) is 285 Å². The molecule has 31 rings (SSSR count). The standard InChI is InChI=1S/C51H36.2C48H33N/c1-51(2)45-19-8-7-16-42(45)50-43(18-10-20-46(50)51)49-39-15-6-5-14-38(39)48(40-27-25-33-23-22-32-13-9-17-37(40)47(32)33)41-28-26-36(30-44(41)49)35-24-21-31-11-3-4-12-34(31)29-35;1-48(2)41-19-9-8-17-38(41)46-39(18-11-20-42(46)48)45-35-15-6-7-16-36(35)47(44-27-25-31-13-5-10-21-43(31)49-44)37-26-24-34(29-40(37)45)33-23-22-30-12-3-4-14-32(30)28-33;1-48(2)42-20-10-9-18-39(42)45-40(19-11-21-43(45)48)44-36-16-7-8-17-37(36)46(47-35-15-6-5-13-31(35)26-27-49-47)38-25-24-34(29-41(38)44)33-23-22-30-12-3-4-14-32(30)28-33/h3-21,24-30H,22-23H2,1-2H3;2*3-29H,1-2H3. The Balaban J connectivity index is 0.000000105. The first-order chi connectivity index (χ1) is 73.2. The van der Waals surface area contributed by atoms with E-state index in [0.717, 1.165) is 35.1 Å². The summed E-state index contributed by atoms with van der Waals surface area (Å²) in [6.45, 7) is 14.2. The van der Waals surface area contributed by atoms with Crippen molar-refractivity contribution in [2.75, 3.05) is 0 Å². The molecule has 0 bridgehead atoms. The largest absolute Gasteiger partial charge is 0.256 e. The van der Waals surface area contributed by atoms with Crippen molar-refractivity contribution >= 4 is 129 Å². The third kappa shape index (κ3) is 13.7. The number of fused-ring (bicyclic) bond motifs is 20. The molecular weight excluding hydrogens is 1790 g/mol. The molecule has 0 aliphatic heterocycles. The Bertz CT molecular complexity index is 10400. The minimum absolute atomic E-state index is 0.0750. The van der Waals surface area contributed by atoms with E-state index >= 15 is 0 Å². The highest BCUT2D eigenvalue weighted by Gasteiger charge is 2.42. The van der Waals surface area contributed by atoms with Crippen LogP contribution in [0.2, 0.25) is 0 Å². The molecular formula is C147H102N2. The normalized spacial score (nSPS) is 13.5. The van der Waals surface area contributed by atoms with Crippen molar-refractivity contribution in [1.82, 2.24) is 9.97 Å². The summed E-state index contributed by atoms with van der Waals surface area (Å²) in [5, 5.41) is 28.9. The van der Waals surface area contributed by atoms with Gasteiger partial charge >= 0.3 is 0 Å². The zero-order chi connectivity index (χ0) is 99.2. The van der Waals surface area contributed by atoms with Crippen LogP contribution >= 0.6 is 0 Å². The van der Waals surface area contributed by atoms with Crippen molar-refractivity contribution in [2.24, 2.45) is 0 Å². The van der Waals surface area contributed by atoms with E-state index in [9.17, 15) is 0 Å². The Kier molecular flexibility index (Phi) is 20.0. The van der Waals surface area contributed by atoms with Gasteiger partial charge in [-0.15, -0.1) is 0 Å². The number of hydrogen-bond acceptors (Lipinski definition) is 2. The highest BCUT2D eigenvalue weighted by Crippen LogP contribution is 2.61. The third-order valence-electron chi connectivity index (χ3n) is 33.9. The lowest BCUT2D eigenvalue weighted by Gasteiger charge is -2.23. The van der Waals surface area contributed by atoms with E-state index in [1.807, 2.05) is 6.20 Å². The van der Waals surface area contributed by atoms with E-state index in [2.05, 4.69) is 521 Å². The molecule has 149 heavy (non-hydrogen) atoms. The maximum absolute atomic E-state index is 5.27. The molecule has 4 aliphatic carbocycles. The number of pyridine rings is 2. The lowest BCUT2D eigenvalue weighted by Crippen LogP contribution is -2.14. The monoisotopic (exact) mass is 1890 g/mol. The molecule has 25 aromatic carbocycles. The average molecular weight is 1900 g/mol. The van der Waals surface area contributed by atoms with Crippen molar-refractivity contribution in [3.05, 3.63) is 530 Å². The molecule has 2 aromatic heterocycles. The molecule has 0 N–H and O–H groups in total. The first-order valence-corrected chi connectivity index (χ1v) is 52.6. The number of rotatable bonds is 9. The zero-order valence-electron chi connectivity index (χ0n) is 84.0. The van der Waals surface area contributed by atoms with Crippen LogP contribution in [-0.4, -0.2) is 9.97 Å². The van der Waals surface area contributed by atoms with Crippen LogP contribution in [0.25, 0.3) is 263 Å². The van der Waals surface area contributed by atoms with Crippen LogP contribution in [0.15, 0.2) is 485 Å². The molecule has 4 aliphatic rings. The molecule has 0 saturated carbocycles. The van der Waals surface area contributed by atoms with Crippen LogP contribution in [0.1, 0.15) is 86.1 Å². The highest BCUT2D eigenvalue weighted by atomic mass is 14.7. The molecule has 0 unspecified atom stereocenters. The first-order valence-electron chi connectivity index (χ1n) is 52.6. The molecule has 0 radical (unpaired) electrons. The molecule has 0 amide bonds. The van der Waals surface area contributed by atoms with E-state index in [0.29, 0.717) is 0 Å². The van der Waals surface area contributed by atoms with E-state index in [-0.39, 0.29) is 16.2 Å². The van der Waals surface area contributed by atoms with E-state index < -0.39 is 0 Å². The van der Waals surface area contributed by atoms with Gasteiger partial charge in [0.25, 0.3) is 0 Å². The van der Waals surface area contributed by atoms with Crippen molar-refractivity contribution in [1.29, 1.82) is 0 Å². The topological polar surface area (TPSA) is 25.8 Å². The number of aromatic nitrogens is 2. The summed E-state index contributed by atoms with van der Waals surface area (Å²) in [5.41, 5.74) is 42.3. The summed E-state index contributed by atoms with van der Waals surface area (Å²) in [7, 11) is 0. The molecule has 2 nitrogen and oxygen atoms in total.